The van der Waals surface area contributed by atoms with Crippen LogP contribution in [0.4, 0.5) is 0 Å². The summed E-state index contributed by atoms with van der Waals surface area (Å²) in [5, 5.41) is 3.81. The van der Waals surface area contributed by atoms with Gasteiger partial charge in [-0.05, 0) is 32.6 Å². The minimum absolute atomic E-state index is 0.0801. The van der Waals surface area contributed by atoms with Crippen LogP contribution in [0.3, 0.4) is 0 Å². The van der Waals surface area contributed by atoms with Gasteiger partial charge in [-0.2, -0.15) is 4.98 Å². The Morgan fingerprint density at radius 2 is 1.91 bits per heavy atom. The summed E-state index contributed by atoms with van der Waals surface area (Å²) < 4.78 is 29.8. The third kappa shape index (κ3) is 3.40. The summed E-state index contributed by atoms with van der Waals surface area (Å²) in [5.41, 5.74) is 0. The third-order valence-corrected chi connectivity index (χ3v) is 5.94. The average Bonchev–Trinajstić information content (AvgIpc) is 3.14. The molecule has 0 spiro atoms. The molecule has 1 unspecified atom stereocenters. The van der Waals surface area contributed by atoms with Crippen LogP contribution in [0.15, 0.2) is 4.52 Å². The molecule has 23 heavy (non-hydrogen) atoms. The minimum Gasteiger partial charge on any atom is -0.337 e. The number of piperidine rings is 1. The fraction of sp³-hybridized carbons (Fsp3) is 0.786. The van der Waals surface area contributed by atoms with Crippen LogP contribution in [0.25, 0.3) is 0 Å². The number of hydrogen-bond acceptors (Lipinski definition) is 6. The quantitative estimate of drug-likeness (QED) is 0.803. The summed E-state index contributed by atoms with van der Waals surface area (Å²) in [6.45, 7) is 3.27. The standard InChI is InChI=1S/C14H22N4O4S/c1-10-15-13(22-16-10)12-4-3-7-18(12)14(19)11-5-8-17(9-6-11)23(2,20)21/h11-12H,3-9H2,1-2H3. The highest BCUT2D eigenvalue weighted by molar-refractivity contribution is 7.88. The summed E-state index contributed by atoms with van der Waals surface area (Å²) in [6, 6.07) is -0.142. The van der Waals surface area contributed by atoms with Crippen molar-refractivity contribution >= 4 is 15.9 Å². The molecule has 0 saturated carbocycles. The van der Waals surface area contributed by atoms with E-state index in [4.69, 9.17) is 4.52 Å². The van der Waals surface area contributed by atoms with Gasteiger partial charge in [-0.3, -0.25) is 4.79 Å². The van der Waals surface area contributed by atoms with Gasteiger partial charge >= 0.3 is 0 Å². The van der Waals surface area contributed by atoms with E-state index in [0.29, 0.717) is 44.2 Å². The molecule has 1 atom stereocenters. The highest BCUT2D eigenvalue weighted by Gasteiger charge is 2.38. The lowest BCUT2D eigenvalue weighted by molar-refractivity contribution is -0.138. The van der Waals surface area contributed by atoms with Gasteiger partial charge in [0.25, 0.3) is 0 Å². The molecule has 2 aliphatic heterocycles. The normalized spacial score (nSPS) is 24.3. The Bertz CT molecular complexity index is 679. The Hall–Kier alpha value is -1.48. The van der Waals surface area contributed by atoms with E-state index in [-0.39, 0.29) is 17.9 Å². The zero-order valence-corrected chi connectivity index (χ0v) is 14.3. The molecule has 3 rings (SSSR count). The Kier molecular flexibility index (Phi) is 4.41. The van der Waals surface area contributed by atoms with Crippen LogP contribution in [0.2, 0.25) is 0 Å². The number of sulfonamides is 1. The smallest absolute Gasteiger partial charge is 0.249 e. The summed E-state index contributed by atoms with van der Waals surface area (Å²) in [4.78, 5) is 18.9. The molecular weight excluding hydrogens is 320 g/mol. The van der Waals surface area contributed by atoms with Crippen LogP contribution in [-0.2, 0) is 14.8 Å². The number of aromatic nitrogens is 2. The number of carbonyl (C=O) groups excluding carboxylic acids is 1. The predicted octanol–water partition coefficient (Wildman–Crippen LogP) is 0.713. The van der Waals surface area contributed by atoms with Gasteiger partial charge in [0.1, 0.15) is 6.04 Å². The Labute approximate surface area is 135 Å². The summed E-state index contributed by atoms with van der Waals surface area (Å²) >= 11 is 0. The molecule has 0 aliphatic carbocycles. The Morgan fingerprint density at radius 1 is 1.22 bits per heavy atom. The molecule has 1 amide bonds. The molecule has 0 aromatic carbocycles. The second-order valence-electron chi connectivity index (χ2n) is 6.31. The maximum absolute atomic E-state index is 12.8. The fourth-order valence-electron chi connectivity index (χ4n) is 3.40. The van der Waals surface area contributed by atoms with Crippen LogP contribution in [-0.4, -0.2) is 59.6 Å². The number of amides is 1. The number of hydrogen-bond donors (Lipinski definition) is 0. The summed E-state index contributed by atoms with van der Waals surface area (Å²) in [7, 11) is -3.17. The van der Waals surface area contributed by atoms with E-state index < -0.39 is 10.0 Å². The van der Waals surface area contributed by atoms with Crippen molar-refractivity contribution in [1.29, 1.82) is 0 Å². The van der Waals surface area contributed by atoms with Crippen LogP contribution in [0.1, 0.15) is 43.4 Å². The second kappa shape index (κ2) is 6.20. The Morgan fingerprint density at radius 3 is 2.48 bits per heavy atom. The lowest BCUT2D eigenvalue weighted by atomic mass is 9.96. The van der Waals surface area contributed by atoms with Crippen molar-refractivity contribution in [2.45, 2.75) is 38.6 Å². The predicted molar refractivity (Wildman–Crippen MR) is 81.9 cm³/mol. The van der Waals surface area contributed by atoms with Gasteiger partial charge in [-0.15, -0.1) is 0 Å². The first-order valence-electron chi connectivity index (χ1n) is 7.92. The maximum atomic E-state index is 12.8. The van der Waals surface area contributed by atoms with Crippen LogP contribution < -0.4 is 0 Å². The molecule has 1 aromatic rings. The van der Waals surface area contributed by atoms with Gasteiger partial charge in [-0.25, -0.2) is 12.7 Å². The average molecular weight is 342 g/mol. The van der Waals surface area contributed by atoms with E-state index in [1.165, 1.54) is 10.6 Å². The molecule has 9 heteroatoms. The highest BCUT2D eigenvalue weighted by Crippen LogP contribution is 2.34. The summed E-state index contributed by atoms with van der Waals surface area (Å²) in [5.74, 6) is 1.02. The van der Waals surface area contributed by atoms with Crippen LogP contribution >= 0.6 is 0 Å². The maximum Gasteiger partial charge on any atom is 0.249 e. The van der Waals surface area contributed by atoms with E-state index in [2.05, 4.69) is 10.1 Å². The molecule has 2 aliphatic rings. The van der Waals surface area contributed by atoms with Crippen molar-refractivity contribution in [3.05, 3.63) is 11.7 Å². The topological polar surface area (TPSA) is 96.6 Å². The first-order chi connectivity index (χ1) is 10.9. The van der Waals surface area contributed by atoms with E-state index in [9.17, 15) is 13.2 Å². The van der Waals surface area contributed by atoms with Crippen molar-refractivity contribution < 1.29 is 17.7 Å². The number of rotatable bonds is 3. The first-order valence-corrected chi connectivity index (χ1v) is 9.77. The minimum atomic E-state index is -3.17. The van der Waals surface area contributed by atoms with Gasteiger partial charge in [0.2, 0.25) is 21.8 Å². The molecule has 1 aromatic heterocycles. The van der Waals surface area contributed by atoms with Crippen LogP contribution in [0, 0.1) is 12.8 Å². The number of nitrogens with zero attached hydrogens (tertiary/aromatic N) is 4. The fourth-order valence-corrected chi connectivity index (χ4v) is 4.28. The molecule has 2 saturated heterocycles. The largest absolute Gasteiger partial charge is 0.337 e. The van der Waals surface area contributed by atoms with Crippen LogP contribution in [0.5, 0.6) is 0 Å². The van der Waals surface area contributed by atoms with E-state index in [1.54, 1.807) is 6.92 Å². The van der Waals surface area contributed by atoms with Crippen molar-refractivity contribution in [2.24, 2.45) is 5.92 Å². The molecule has 2 fully saturated rings. The lowest BCUT2D eigenvalue weighted by Crippen LogP contribution is -2.44. The monoisotopic (exact) mass is 342 g/mol. The van der Waals surface area contributed by atoms with E-state index in [1.807, 2.05) is 4.90 Å². The molecule has 0 bridgehead atoms. The number of aryl methyl sites for hydroxylation is 1. The zero-order valence-electron chi connectivity index (χ0n) is 13.4. The van der Waals surface area contributed by atoms with Gasteiger partial charge in [0, 0.05) is 25.6 Å². The van der Waals surface area contributed by atoms with Gasteiger partial charge in [0.05, 0.1) is 6.26 Å². The number of likely N-dealkylation sites (tertiary alicyclic amines) is 1. The Balaban J connectivity index is 1.66. The van der Waals surface area contributed by atoms with Crippen molar-refractivity contribution in [3.8, 4) is 0 Å². The number of carbonyl (C=O) groups is 1. The van der Waals surface area contributed by atoms with Gasteiger partial charge in [-0.1, -0.05) is 5.16 Å². The van der Waals surface area contributed by atoms with Crippen molar-refractivity contribution in [1.82, 2.24) is 19.3 Å². The third-order valence-electron chi connectivity index (χ3n) is 4.64. The molecule has 128 valence electrons. The second-order valence-corrected chi connectivity index (χ2v) is 8.29. The summed E-state index contributed by atoms with van der Waals surface area (Å²) in [6.07, 6.45) is 4.09. The molecule has 0 radical (unpaired) electrons. The highest BCUT2D eigenvalue weighted by atomic mass is 32.2. The molecule has 3 heterocycles. The van der Waals surface area contributed by atoms with Crippen molar-refractivity contribution in [2.75, 3.05) is 25.9 Å². The van der Waals surface area contributed by atoms with E-state index in [0.717, 1.165) is 12.8 Å². The van der Waals surface area contributed by atoms with Crippen molar-refractivity contribution in [3.63, 3.8) is 0 Å². The lowest BCUT2D eigenvalue weighted by Gasteiger charge is -2.33. The molecule has 8 nitrogen and oxygen atoms in total. The SMILES string of the molecule is Cc1noc(C2CCCN2C(=O)C2CCN(S(C)(=O)=O)CC2)n1. The first kappa shape index (κ1) is 16.4. The van der Waals surface area contributed by atoms with Gasteiger partial charge in [0.15, 0.2) is 5.82 Å². The molecule has 0 N–H and O–H groups in total. The van der Waals surface area contributed by atoms with E-state index >= 15 is 0 Å². The molecular formula is C14H22N4O4S. The zero-order chi connectivity index (χ0) is 16.6. The van der Waals surface area contributed by atoms with Gasteiger partial charge < -0.3 is 9.42 Å².